The molecule has 0 saturated carbocycles. The zero-order valence-electron chi connectivity index (χ0n) is 13.1. The summed E-state index contributed by atoms with van der Waals surface area (Å²) in [5.74, 6) is -0.288. The third kappa shape index (κ3) is 5.12. The molecule has 9 heteroatoms. The summed E-state index contributed by atoms with van der Waals surface area (Å²) in [5.41, 5.74) is 6.33. The molecule has 2 aromatic rings. The molecule has 2 aromatic carbocycles. The molecule has 5 nitrogen and oxygen atoms in total. The molecule has 0 amide bonds. The predicted octanol–water partition coefficient (Wildman–Crippen LogP) is 3.09. The van der Waals surface area contributed by atoms with Gasteiger partial charge in [-0.15, -0.1) is 0 Å². The fraction of sp³-hybridized carbons (Fsp3) is 0.250. The van der Waals surface area contributed by atoms with Crippen molar-refractivity contribution in [1.29, 1.82) is 0 Å². The van der Waals surface area contributed by atoms with Crippen LogP contribution in [0.2, 0.25) is 5.02 Å². The fourth-order valence-corrected chi connectivity index (χ4v) is 3.96. The largest absolute Gasteiger partial charge is 0.433 e. The van der Waals surface area contributed by atoms with Crippen molar-refractivity contribution in [2.75, 3.05) is 13.1 Å². The van der Waals surface area contributed by atoms with Crippen LogP contribution >= 0.6 is 11.6 Å². The van der Waals surface area contributed by atoms with Crippen LogP contribution in [0.3, 0.4) is 0 Å². The summed E-state index contributed by atoms with van der Waals surface area (Å²) in [5, 5.41) is -0.214. The molecule has 0 heterocycles. The van der Waals surface area contributed by atoms with Crippen molar-refractivity contribution in [1.82, 2.24) is 4.31 Å². The normalized spacial score (nSPS) is 11.9. The van der Waals surface area contributed by atoms with E-state index in [2.05, 4.69) is 4.74 Å². The van der Waals surface area contributed by atoms with Gasteiger partial charge in [0.2, 0.25) is 10.0 Å². The number of ether oxygens (including phenoxy) is 1. The molecular formula is C16H17ClF2N2O3S. The van der Waals surface area contributed by atoms with Crippen molar-refractivity contribution in [2.45, 2.75) is 18.1 Å². The Labute approximate surface area is 150 Å². The number of nitrogens with two attached hydrogens (primary N) is 1. The summed E-state index contributed by atoms with van der Waals surface area (Å²) in [4.78, 5) is -0.122. The highest BCUT2D eigenvalue weighted by Crippen LogP contribution is 2.30. The summed E-state index contributed by atoms with van der Waals surface area (Å²) in [6, 6.07) is 12.4. The number of benzene rings is 2. The number of alkyl halides is 2. The van der Waals surface area contributed by atoms with Gasteiger partial charge in [0.25, 0.3) is 0 Å². The van der Waals surface area contributed by atoms with Crippen LogP contribution < -0.4 is 10.5 Å². The summed E-state index contributed by atoms with van der Waals surface area (Å²) >= 11 is 5.86. The number of halogens is 3. The molecule has 0 unspecified atom stereocenters. The van der Waals surface area contributed by atoms with Crippen LogP contribution in [0.1, 0.15) is 5.56 Å². The highest BCUT2D eigenvalue weighted by atomic mass is 35.5. The molecule has 0 aromatic heterocycles. The Hall–Kier alpha value is -1.74. The SMILES string of the molecule is NCCN(Cc1ccccc1)S(=O)(=O)c1ccc(OC(F)F)c(Cl)c1. The summed E-state index contributed by atoms with van der Waals surface area (Å²) < 4.78 is 55.7. The van der Waals surface area contributed by atoms with Crippen molar-refractivity contribution in [3.05, 3.63) is 59.1 Å². The van der Waals surface area contributed by atoms with Crippen molar-refractivity contribution in [3.63, 3.8) is 0 Å². The first-order chi connectivity index (χ1) is 11.8. The Morgan fingerprint density at radius 3 is 2.40 bits per heavy atom. The molecule has 2 rings (SSSR count). The standard InChI is InChI=1S/C16H17ClF2N2O3S/c17-14-10-13(6-7-15(14)24-16(18)19)25(22,23)21(9-8-20)11-12-4-2-1-3-5-12/h1-7,10,16H,8-9,11,20H2. The van der Waals surface area contributed by atoms with Gasteiger partial charge in [-0.2, -0.15) is 13.1 Å². The monoisotopic (exact) mass is 390 g/mol. The second-order valence-electron chi connectivity index (χ2n) is 5.08. The fourth-order valence-electron chi connectivity index (χ4n) is 2.20. The lowest BCUT2D eigenvalue weighted by Gasteiger charge is -2.22. The highest BCUT2D eigenvalue weighted by Gasteiger charge is 2.25. The van der Waals surface area contributed by atoms with E-state index in [9.17, 15) is 17.2 Å². The molecule has 25 heavy (non-hydrogen) atoms. The lowest BCUT2D eigenvalue weighted by Crippen LogP contribution is -2.34. The zero-order chi connectivity index (χ0) is 18.4. The van der Waals surface area contributed by atoms with Gasteiger partial charge in [0.15, 0.2) is 0 Å². The Bertz CT molecular complexity index is 804. The molecule has 136 valence electrons. The Kier molecular flexibility index (Phi) is 6.71. The highest BCUT2D eigenvalue weighted by molar-refractivity contribution is 7.89. The summed E-state index contributed by atoms with van der Waals surface area (Å²) in [7, 11) is -3.90. The molecule has 0 atom stereocenters. The first-order valence-corrected chi connectivity index (χ1v) is 9.15. The first kappa shape index (κ1) is 19.6. The molecule has 0 aliphatic carbocycles. The number of sulfonamides is 1. The van der Waals surface area contributed by atoms with Gasteiger partial charge in [0, 0.05) is 19.6 Å². The van der Waals surface area contributed by atoms with Gasteiger partial charge >= 0.3 is 6.61 Å². The minimum absolute atomic E-state index is 0.101. The predicted molar refractivity (Wildman–Crippen MR) is 91.2 cm³/mol. The number of hydrogen-bond acceptors (Lipinski definition) is 4. The van der Waals surface area contributed by atoms with Gasteiger partial charge in [-0.25, -0.2) is 8.42 Å². The van der Waals surface area contributed by atoms with Crippen molar-refractivity contribution in [3.8, 4) is 5.75 Å². The van der Waals surface area contributed by atoms with Crippen LogP contribution in [0.15, 0.2) is 53.4 Å². The minimum Gasteiger partial charge on any atom is -0.433 e. The summed E-state index contributed by atoms with van der Waals surface area (Å²) in [6.45, 7) is -2.68. The molecule has 0 aliphatic rings. The van der Waals surface area contributed by atoms with Crippen molar-refractivity contribution < 1.29 is 21.9 Å². The lowest BCUT2D eigenvalue weighted by molar-refractivity contribution is -0.0498. The Morgan fingerprint density at radius 1 is 1.16 bits per heavy atom. The Morgan fingerprint density at radius 2 is 1.84 bits per heavy atom. The van der Waals surface area contributed by atoms with E-state index < -0.39 is 16.6 Å². The number of rotatable bonds is 8. The topological polar surface area (TPSA) is 72.6 Å². The smallest absolute Gasteiger partial charge is 0.387 e. The quantitative estimate of drug-likeness (QED) is 0.751. The summed E-state index contributed by atoms with van der Waals surface area (Å²) in [6.07, 6.45) is 0. The lowest BCUT2D eigenvalue weighted by atomic mass is 10.2. The molecule has 0 aliphatic heterocycles. The molecule has 0 saturated heterocycles. The average molecular weight is 391 g/mol. The maximum Gasteiger partial charge on any atom is 0.387 e. The molecule has 0 fully saturated rings. The minimum atomic E-state index is -3.90. The second kappa shape index (κ2) is 8.57. The zero-order valence-corrected chi connectivity index (χ0v) is 14.7. The maximum absolute atomic E-state index is 12.8. The van der Waals surface area contributed by atoms with Crippen LogP contribution in [-0.4, -0.2) is 32.4 Å². The number of nitrogens with zero attached hydrogens (tertiary/aromatic N) is 1. The molecule has 2 N–H and O–H groups in total. The van der Waals surface area contributed by atoms with Gasteiger partial charge in [-0.05, 0) is 23.8 Å². The van der Waals surface area contributed by atoms with Crippen LogP contribution in [0.25, 0.3) is 0 Å². The van der Waals surface area contributed by atoms with E-state index in [4.69, 9.17) is 17.3 Å². The van der Waals surface area contributed by atoms with E-state index in [0.717, 1.165) is 17.7 Å². The van der Waals surface area contributed by atoms with Gasteiger partial charge in [-0.3, -0.25) is 0 Å². The van der Waals surface area contributed by atoms with Gasteiger partial charge in [-0.1, -0.05) is 41.9 Å². The molecule has 0 radical (unpaired) electrons. The van der Waals surface area contributed by atoms with E-state index in [1.165, 1.54) is 10.4 Å². The van der Waals surface area contributed by atoms with Crippen LogP contribution in [0, 0.1) is 0 Å². The van der Waals surface area contributed by atoms with E-state index >= 15 is 0 Å². The van der Waals surface area contributed by atoms with E-state index in [-0.39, 0.29) is 35.3 Å². The number of hydrogen-bond donors (Lipinski definition) is 1. The van der Waals surface area contributed by atoms with Crippen LogP contribution in [-0.2, 0) is 16.6 Å². The molecular weight excluding hydrogens is 374 g/mol. The van der Waals surface area contributed by atoms with Crippen LogP contribution in [0.5, 0.6) is 5.75 Å². The van der Waals surface area contributed by atoms with E-state index in [0.29, 0.717) is 0 Å². The van der Waals surface area contributed by atoms with Crippen molar-refractivity contribution >= 4 is 21.6 Å². The third-order valence-electron chi connectivity index (χ3n) is 3.34. The maximum atomic E-state index is 12.8. The van der Waals surface area contributed by atoms with Crippen LogP contribution in [0.4, 0.5) is 8.78 Å². The van der Waals surface area contributed by atoms with E-state index in [1.807, 2.05) is 6.07 Å². The first-order valence-electron chi connectivity index (χ1n) is 7.33. The van der Waals surface area contributed by atoms with E-state index in [1.54, 1.807) is 24.3 Å². The molecule has 0 bridgehead atoms. The van der Waals surface area contributed by atoms with Crippen molar-refractivity contribution in [2.24, 2.45) is 5.73 Å². The second-order valence-corrected chi connectivity index (χ2v) is 7.43. The van der Waals surface area contributed by atoms with Gasteiger partial charge in [0.1, 0.15) is 5.75 Å². The van der Waals surface area contributed by atoms with Gasteiger partial charge < -0.3 is 10.5 Å². The Balaban J connectivity index is 2.31. The van der Waals surface area contributed by atoms with Gasteiger partial charge in [0.05, 0.1) is 9.92 Å². The third-order valence-corrected chi connectivity index (χ3v) is 5.47. The average Bonchev–Trinajstić information content (AvgIpc) is 2.57. The molecule has 0 spiro atoms.